The van der Waals surface area contributed by atoms with E-state index >= 15 is 0 Å². The normalized spacial score (nSPS) is 14.2. The van der Waals surface area contributed by atoms with Crippen LogP contribution in [0, 0.1) is 0 Å². The molecule has 0 saturated heterocycles. The van der Waals surface area contributed by atoms with Gasteiger partial charge < -0.3 is 24.4 Å². The molecule has 1 atom stereocenters. The predicted molar refractivity (Wildman–Crippen MR) is 174 cm³/mol. The van der Waals surface area contributed by atoms with Crippen LogP contribution >= 0.6 is 0 Å². The molecule has 0 radical (unpaired) electrons. The van der Waals surface area contributed by atoms with Crippen molar-refractivity contribution < 1.29 is 32.2 Å². The maximum absolute atomic E-state index is 14.4. The van der Waals surface area contributed by atoms with Gasteiger partial charge in [-0.05, 0) is 48.2 Å². The van der Waals surface area contributed by atoms with E-state index in [9.17, 15) is 18.0 Å². The molecule has 10 nitrogen and oxygen atoms in total. The lowest BCUT2D eigenvalue weighted by atomic mass is 9.94. The first-order valence-corrected chi connectivity index (χ1v) is 16.9. The molecule has 11 heteroatoms. The first kappa shape index (κ1) is 33.6. The van der Waals surface area contributed by atoms with Crippen LogP contribution in [0.25, 0.3) is 0 Å². The standard InChI is InChI=1S/C34H43N3O7S/c1-42-29-17-11-14-26(20-29)23-36(30(21-25-12-7-5-8-13-25)34(39)35-27-15-9-6-10-16-27)33(38)24-37(45(4,40)41)28-18-19-31(43-2)32(22-28)44-3/h5,7-8,11-14,17-20,22,27,30H,6,9-10,15-16,21,23-24H2,1-4H3,(H,35,39)/t30-/m1/s1. The minimum atomic E-state index is -3.93. The van der Waals surface area contributed by atoms with Crippen LogP contribution in [0.2, 0.25) is 0 Å². The minimum Gasteiger partial charge on any atom is -0.497 e. The van der Waals surface area contributed by atoms with Gasteiger partial charge in [0.05, 0.1) is 33.3 Å². The summed E-state index contributed by atoms with van der Waals surface area (Å²) in [4.78, 5) is 30.0. The van der Waals surface area contributed by atoms with Crippen LogP contribution in [0.3, 0.4) is 0 Å². The maximum Gasteiger partial charge on any atom is 0.244 e. The Morgan fingerprint density at radius 2 is 1.53 bits per heavy atom. The molecular weight excluding hydrogens is 594 g/mol. The molecule has 3 aromatic carbocycles. The highest BCUT2D eigenvalue weighted by Crippen LogP contribution is 2.32. The van der Waals surface area contributed by atoms with Crippen LogP contribution in [0.15, 0.2) is 72.8 Å². The third kappa shape index (κ3) is 9.13. The van der Waals surface area contributed by atoms with E-state index in [1.165, 1.54) is 25.2 Å². The van der Waals surface area contributed by atoms with Crippen molar-refractivity contribution >= 4 is 27.5 Å². The van der Waals surface area contributed by atoms with Crippen LogP contribution in [0.4, 0.5) is 5.69 Å². The van der Waals surface area contributed by atoms with E-state index < -0.39 is 28.5 Å². The molecule has 0 heterocycles. The van der Waals surface area contributed by atoms with Crippen molar-refractivity contribution in [3.8, 4) is 17.2 Å². The van der Waals surface area contributed by atoms with E-state index in [-0.39, 0.29) is 30.6 Å². The second-order valence-electron chi connectivity index (χ2n) is 11.2. The lowest BCUT2D eigenvalue weighted by Gasteiger charge is -2.35. The van der Waals surface area contributed by atoms with Gasteiger partial charge in [-0.2, -0.15) is 0 Å². The van der Waals surface area contributed by atoms with E-state index in [0.717, 1.165) is 53.8 Å². The summed E-state index contributed by atoms with van der Waals surface area (Å²) in [6.45, 7) is -0.463. The molecular formula is C34H43N3O7S. The van der Waals surface area contributed by atoms with Crippen molar-refractivity contribution in [1.29, 1.82) is 0 Å². The van der Waals surface area contributed by atoms with E-state index in [1.54, 1.807) is 25.3 Å². The molecule has 0 aromatic heterocycles. The fourth-order valence-electron chi connectivity index (χ4n) is 5.66. The van der Waals surface area contributed by atoms with E-state index in [2.05, 4.69) is 5.32 Å². The Bertz CT molecular complexity index is 1540. The molecule has 0 spiro atoms. The van der Waals surface area contributed by atoms with Gasteiger partial charge >= 0.3 is 0 Å². The van der Waals surface area contributed by atoms with Gasteiger partial charge in [-0.3, -0.25) is 13.9 Å². The molecule has 242 valence electrons. The lowest BCUT2D eigenvalue weighted by molar-refractivity contribution is -0.140. The molecule has 1 fully saturated rings. The van der Waals surface area contributed by atoms with Gasteiger partial charge in [-0.1, -0.05) is 61.7 Å². The molecule has 1 aliphatic rings. The zero-order chi connectivity index (χ0) is 32.4. The van der Waals surface area contributed by atoms with Crippen molar-refractivity contribution in [3.05, 3.63) is 83.9 Å². The Morgan fingerprint density at radius 3 is 2.18 bits per heavy atom. The Kier molecular flexibility index (Phi) is 11.7. The highest BCUT2D eigenvalue weighted by atomic mass is 32.2. The minimum absolute atomic E-state index is 0.0255. The number of hydrogen-bond acceptors (Lipinski definition) is 7. The molecule has 4 rings (SSSR count). The number of sulfonamides is 1. The fraction of sp³-hybridized carbons (Fsp3) is 0.412. The number of rotatable bonds is 14. The molecule has 1 aliphatic carbocycles. The summed E-state index contributed by atoms with van der Waals surface area (Å²) >= 11 is 0. The lowest BCUT2D eigenvalue weighted by Crippen LogP contribution is -2.55. The summed E-state index contributed by atoms with van der Waals surface area (Å²) in [6.07, 6.45) is 6.27. The van der Waals surface area contributed by atoms with Crippen molar-refractivity contribution in [2.75, 3.05) is 38.4 Å². The Balaban J connectivity index is 1.75. The quantitative estimate of drug-likeness (QED) is 0.276. The van der Waals surface area contributed by atoms with Gasteiger partial charge in [0, 0.05) is 25.1 Å². The van der Waals surface area contributed by atoms with E-state index in [4.69, 9.17) is 14.2 Å². The largest absolute Gasteiger partial charge is 0.497 e. The summed E-state index contributed by atoms with van der Waals surface area (Å²) in [6, 6.07) is 20.6. The van der Waals surface area contributed by atoms with E-state index in [0.29, 0.717) is 17.2 Å². The molecule has 0 aliphatic heterocycles. The number of carbonyl (C=O) groups excluding carboxylic acids is 2. The van der Waals surface area contributed by atoms with Crippen LogP contribution in [0.1, 0.15) is 43.2 Å². The van der Waals surface area contributed by atoms with Crippen molar-refractivity contribution in [2.24, 2.45) is 0 Å². The van der Waals surface area contributed by atoms with Crippen LogP contribution < -0.4 is 23.8 Å². The van der Waals surface area contributed by atoms with Gasteiger partial charge in [-0.15, -0.1) is 0 Å². The van der Waals surface area contributed by atoms with Gasteiger partial charge in [-0.25, -0.2) is 8.42 Å². The van der Waals surface area contributed by atoms with Crippen molar-refractivity contribution in [1.82, 2.24) is 10.2 Å². The van der Waals surface area contributed by atoms with Crippen LogP contribution in [-0.4, -0.2) is 71.3 Å². The number of ether oxygens (including phenoxy) is 3. The first-order valence-electron chi connectivity index (χ1n) is 15.1. The number of amides is 2. The second kappa shape index (κ2) is 15.7. The number of hydrogen-bond donors (Lipinski definition) is 1. The average molecular weight is 638 g/mol. The second-order valence-corrected chi connectivity index (χ2v) is 13.1. The Hall–Kier alpha value is -4.25. The zero-order valence-corrected chi connectivity index (χ0v) is 27.2. The first-order chi connectivity index (χ1) is 21.6. The highest BCUT2D eigenvalue weighted by Gasteiger charge is 2.34. The van der Waals surface area contributed by atoms with Crippen molar-refractivity contribution in [3.63, 3.8) is 0 Å². The number of nitrogens with one attached hydrogen (secondary N) is 1. The number of benzene rings is 3. The monoisotopic (exact) mass is 637 g/mol. The van der Waals surface area contributed by atoms with Crippen molar-refractivity contribution in [2.45, 2.75) is 57.2 Å². The average Bonchev–Trinajstić information content (AvgIpc) is 3.05. The summed E-state index contributed by atoms with van der Waals surface area (Å²) in [5.41, 5.74) is 1.85. The maximum atomic E-state index is 14.4. The molecule has 1 N–H and O–H groups in total. The number of anilines is 1. The smallest absolute Gasteiger partial charge is 0.244 e. The van der Waals surface area contributed by atoms with Gasteiger partial charge in [0.2, 0.25) is 21.8 Å². The Labute approximate surface area is 266 Å². The summed E-state index contributed by atoms with van der Waals surface area (Å²) < 4.78 is 43.4. The molecule has 2 amide bonds. The molecule has 1 saturated carbocycles. The van der Waals surface area contributed by atoms with E-state index in [1.807, 2.05) is 48.5 Å². The van der Waals surface area contributed by atoms with Gasteiger partial charge in [0.1, 0.15) is 18.3 Å². The highest BCUT2D eigenvalue weighted by molar-refractivity contribution is 7.92. The van der Waals surface area contributed by atoms with Crippen LogP contribution in [0.5, 0.6) is 17.2 Å². The topological polar surface area (TPSA) is 114 Å². The van der Waals surface area contributed by atoms with Crippen LogP contribution in [-0.2, 0) is 32.6 Å². The van der Waals surface area contributed by atoms with Gasteiger partial charge in [0.15, 0.2) is 11.5 Å². The molecule has 3 aromatic rings. The molecule has 0 bridgehead atoms. The third-order valence-electron chi connectivity index (χ3n) is 8.04. The summed E-state index contributed by atoms with van der Waals surface area (Å²) in [7, 11) is 0.561. The van der Waals surface area contributed by atoms with Gasteiger partial charge in [0.25, 0.3) is 0 Å². The Morgan fingerprint density at radius 1 is 0.844 bits per heavy atom. The third-order valence-corrected chi connectivity index (χ3v) is 9.18. The SMILES string of the molecule is COc1cccc(CN(C(=O)CN(c2ccc(OC)c(OC)c2)S(C)(=O)=O)[C@H](Cc2ccccc2)C(=O)NC2CCCCC2)c1. The number of methoxy groups -OCH3 is 3. The summed E-state index contributed by atoms with van der Waals surface area (Å²) in [5, 5.41) is 3.21. The number of carbonyl (C=O) groups is 2. The number of nitrogens with zero attached hydrogens (tertiary/aromatic N) is 2. The zero-order valence-electron chi connectivity index (χ0n) is 26.4. The fourth-order valence-corrected chi connectivity index (χ4v) is 6.50. The molecule has 0 unspecified atom stereocenters. The summed E-state index contributed by atoms with van der Waals surface area (Å²) in [5.74, 6) is 0.548. The predicted octanol–water partition coefficient (Wildman–Crippen LogP) is 4.57. The molecule has 45 heavy (non-hydrogen) atoms.